The minimum atomic E-state index is -0.648. The Morgan fingerprint density at radius 1 is 1.20 bits per heavy atom. The van der Waals surface area contributed by atoms with E-state index in [9.17, 15) is 9.90 Å². The number of phenolic OH excluding ortho intramolecular Hbond substituents is 1. The standard InChI is InChI=1S/C20H20ClNO3/c1-20(2,3)22-11-15-18(24)14-6-4-5-7-17(14)25-19(15)13-9-8-12(23)10-16(13)21/h4-11,19,22-23H,1-3H3. The van der Waals surface area contributed by atoms with E-state index in [4.69, 9.17) is 16.3 Å². The summed E-state index contributed by atoms with van der Waals surface area (Å²) >= 11 is 6.29. The van der Waals surface area contributed by atoms with Crippen molar-refractivity contribution >= 4 is 17.4 Å². The molecule has 0 aromatic heterocycles. The van der Waals surface area contributed by atoms with Gasteiger partial charge in [-0.15, -0.1) is 0 Å². The first-order valence-electron chi connectivity index (χ1n) is 8.03. The first-order valence-corrected chi connectivity index (χ1v) is 8.40. The number of carbonyl (C=O) groups is 1. The van der Waals surface area contributed by atoms with Crippen molar-refractivity contribution in [1.82, 2.24) is 5.32 Å². The van der Waals surface area contributed by atoms with Gasteiger partial charge in [0.1, 0.15) is 11.5 Å². The Kier molecular flexibility index (Phi) is 4.48. The molecule has 0 amide bonds. The molecule has 130 valence electrons. The Morgan fingerprint density at radius 3 is 2.60 bits per heavy atom. The third-order valence-corrected chi connectivity index (χ3v) is 4.18. The van der Waals surface area contributed by atoms with Crippen LogP contribution < -0.4 is 10.1 Å². The molecule has 0 fully saturated rings. The zero-order chi connectivity index (χ0) is 18.2. The summed E-state index contributed by atoms with van der Waals surface area (Å²) < 4.78 is 6.09. The molecule has 2 aromatic carbocycles. The summed E-state index contributed by atoms with van der Waals surface area (Å²) in [6.45, 7) is 6.03. The van der Waals surface area contributed by atoms with Gasteiger partial charge < -0.3 is 15.2 Å². The predicted octanol–water partition coefficient (Wildman–Crippen LogP) is 4.63. The van der Waals surface area contributed by atoms with Crippen LogP contribution in [0.15, 0.2) is 54.2 Å². The summed E-state index contributed by atoms with van der Waals surface area (Å²) in [5, 5.41) is 13.2. The fourth-order valence-electron chi connectivity index (χ4n) is 2.62. The average Bonchev–Trinajstić information content (AvgIpc) is 2.53. The van der Waals surface area contributed by atoms with Gasteiger partial charge in [-0.05, 0) is 51.1 Å². The molecule has 2 aromatic rings. The molecule has 2 N–H and O–H groups in total. The molecule has 0 saturated heterocycles. The summed E-state index contributed by atoms with van der Waals surface area (Å²) in [6.07, 6.45) is 1.05. The van der Waals surface area contributed by atoms with Crippen molar-refractivity contribution in [2.45, 2.75) is 32.4 Å². The minimum absolute atomic E-state index is 0.0645. The van der Waals surface area contributed by atoms with Gasteiger partial charge in [0.25, 0.3) is 0 Å². The van der Waals surface area contributed by atoms with Gasteiger partial charge in [-0.3, -0.25) is 4.79 Å². The molecule has 1 unspecified atom stereocenters. The number of para-hydroxylation sites is 1. The summed E-state index contributed by atoms with van der Waals surface area (Å²) in [6, 6.07) is 11.8. The second-order valence-corrected chi connectivity index (χ2v) is 7.43. The van der Waals surface area contributed by atoms with E-state index in [1.807, 2.05) is 32.9 Å². The first-order chi connectivity index (χ1) is 11.8. The first kappa shape index (κ1) is 17.4. The maximum atomic E-state index is 13.0. The number of hydrogen-bond acceptors (Lipinski definition) is 4. The van der Waals surface area contributed by atoms with Gasteiger partial charge in [0.2, 0.25) is 0 Å². The number of halogens is 1. The topological polar surface area (TPSA) is 58.6 Å². The second kappa shape index (κ2) is 6.45. The highest BCUT2D eigenvalue weighted by atomic mass is 35.5. The number of ether oxygens (including phenoxy) is 1. The predicted molar refractivity (Wildman–Crippen MR) is 98.2 cm³/mol. The Balaban J connectivity index is 2.11. The van der Waals surface area contributed by atoms with Crippen LogP contribution in [0.5, 0.6) is 11.5 Å². The van der Waals surface area contributed by atoms with Crippen molar-refractivity contribution in [3.63, 3.8) is 0 Å². The van der Waals surface area contributed by atoms with Crippen molar-refractivity contribution in [3.8, 4) is 11.5 Å². The van der Waals surface area contributed by atoms with Crippen LogP contribution >= 0.6 is 11.6 Å². The Labute approximate surface area is 152 Å². The number of ketones is 1. The fraction of sp³-hybridized carbons (Fsp3) is 0.250. The second-order valence-electron chi connectivity index (χ2n) is 7.02. The summed E-state index contributed by atoms with van der Waals surface area (Å²) in [5.74, 6) is 0.483. The Morgan fingerprint density at radius 2 is 1.92 bits per heavy atom. The van der Waals surface area contributed by atoms with E-state index < -0.39 is 6.10 Å². The third-order valence-electron chi connectivity index (χ3n) is 3.85. The highest BCUT2D eigenvalue weighted by Crippen LogP contribution is 2.41. The van der Waals surface area contributed by atoms with Gasteiger partial charge in [0.15, 0.2) is 11.9 Å². The lowest BCUT2D eigenvalue weighted by molar-refractivity contribution is 0.0959. The number of Topliss-reactive ketones (excluding diaryl/α,β-unsaturated/α-hetero) is 1. The maximum absolute atomic E-state index is 13.0. The lowest BCUT2D eigenvalue weighted by Gasteiger charge is -2.30. The molecule has 1 aliphatic rings. The monoisotopic (exact) mass is 357 g/mol. The molecule has 5 heteroatoms. The number of hydrogen-bond donors (Lipinski definition) is 2. The fourth-order valence-corrected chi connectivity index (χ4v) is 2.89. The molecule has 0 saturated carbocycles. The van der Waals surface area contributed by atoms with E-state index >= 15 is 0 Å². The molecule has 25 heavy (non-hydrogen) atoms. The number of benzene rings is 2. The molecule has 3 rings (SSSR count). The summed E-state index contributed by atoms with van der Waals surface area (Å²) in [7, 11) is 0. The van der Waals surface area contributed by atoms with Crippen LogP contribution in [0.3, 0.4) is 0 Å². The van der Waals surface area contributed by atoms with E-state index in [-0.39, 0.29) is 17.1 Å². The largest absolute Gasteiger partial charge is 0.508 e. The highest BCUT2D eigenvalue weighted by Gasteiger charge is 2.34. The van der Waals surface area contributed by atoms with Gasteiger partial charge in [-0.25, -0.2) is 0 Å². The lowest BCUT2D eigenvalue weighted by atomic mass is 9.91. The Bertz CT molecular complexity index is 852. The average molecular weight is 358 g/mol. The normalized spacial score (nSPS) is 18.6. The lowest BCUT2D eigenvalue weighted by Crippen LogP contribution is -2.34. The molecule has 0 spiro atoms. The van der Waals surface area contributed by atoms with Crippen molar-refractivity contribution < 1.29 is 14.6 Å². The van der Waals surface area contributed by atoms with Crippen molar-refractivity contribution in [2.75, 3.05) is 0 Å². The molecule has 1 aliphatic heterocycles. The maximum Gasteiger partial charge on any atom is 0.198 e. The Hall–Kier alpha value is -2.46. The van der Waals surface area contributed by atoms with E-state index in [1.165, 1.54) is 12.1 Å². The zero-order valence-corrected chi connectivity index (χ0v) is 15.1. The van der Waals surface area contributed by atoms with Crippen molar-refractivity contribution in [1.29, 1.82) is 0 Å². The van der Waals surface area contributed by atoms with E-state index in [0.29, 0.717) is 27.5 Å². The molecule has 1 atom stereocenters. The number of rotatable bonds is 2. The number of fused-ring (bicyclic) bond motifs is 1. The van der Waals surface area contributed by atoms with Gasteiger partial charge in [0, 0.05) is 17.3 Å². The van der Waals surface area contributed by atoms with Gasteiger partial charge in [0.05, 0.1) is 16.2 Å². The van der Waals surface area contributed by atoms with E-state index in [1.54, 1.807) is 24.4 Å². The van der Waals surface area contributed by atoms with Gasteiger partial charge in [-0.2, -0.15) is 0 Å². The number of aromatic hydroxyl groups is 1. The SMILES string of the molecule is CC(C)(C)NC=C1C(=O)c2ccccc2OC1c1ccc(O)cc1Cl. The van der Waals surface area contributed by atoms with Crippen LogP contribution in [-0.4, -0.2) is 16.4 Å². The zero-order valence-electron chi connectivity index (χ0n) is 14.3. The molecular formula is C20H20ClNO3. The van der Waals surface area contributed by atoms with Crippen molar-refractivity contribution in [2.24, 2.45) is 0 Å². The van der Waals surface area contributed by atoms with Crippen LogP contribution in [0.4, 0.5) is 0 Å². The van der Waals surface area contributed by atoms with Crippen LogP contribution in [0, 0.1) is 0 Å². The number of nitrogens with one attached hydrogen (secondary N) is 1. The molecule has 4 nitrogen and oxygen atoms in total. The van der Waals surface area contributed by atoms with Crippen LogP contribution in [0.25, 0.3) is 0 Å². The quantitative estimate of drug-likeness (QED) is 0.769. The van der Waals surface area contributed by atoms with Crippen LogP contribution in [0.2, 0.25) is 5.02 Å². The smallest absolute Gasteiger partial charge is 0.198 e. The van der Waals surface area contributed by atoms with Gasteiger partial charge in [-0.1, -0.05) is 23.7 Å². The molecule has 0 radical (unpaired) electrons. The van der Waals surface area contributed by atoms with Crippen LogP contribution in [0.1, 0.15) is 42.8 Å². The number of phenols is 1. The van der Waals surface area contributed by atoms with E-state index in [0.717, 1.165) is 0 Å². The van der Waals surface area contributed by atoms with Gasteiger partial charge >= 0.3 is 0 Å². The van der Waals surface area contributed by atoms with Crippen molar-refractivity contribution in [3.05, 3.63) is 70.4 Å². The summed E-state index contributed by atoms with van der Waals surface area (Å²) in [5.41, 5.74) is 1.43. The van der Waals surface area contributed by atoms with E-state index in [2.05, 4.69) is 5.32 Å². The molecule has 0 aliphatic carbocycles. The summed E-state index contributed by atoms with van der Waals surface area (Å²) in [4.78, 5) is 13.0. The minimum Gasteiger partial charge on any atom is -0.508 e. The van der Waals surface area contributed by atoms with Crippen LogP contribution in [-0.2, 0) is 0 Å². The molecule has 1 heterocycles. The number of carbonyl (C=O) groups excluding carboxylic acids is 1. The molecular weight excluding hydrogens is 338 g/mol. The third kappa shape index (κ3) is 3.64. The molecule has 0 bridgehead atoms. The highest BCUT2D eigenvalue weighted by molar-refractivity contribution is 6.31.